The van der Waals surface area contributed by atoms with Crippen molar-refractivity contribution in [3.05, 3.63) is 72.3 Å². The Hall–Kier alpha value is -3.08. The molecule has 0 bridgehead atoms. The van der Waals surface area contributed by atoms with Gasteiger partial charge >= 0.3 is 0 Å². The highest BCUT2D eigenvalue weighted by atomic mass is 16.5. The van der Waals surface area contributed by atoms with Crippen LogP contribution in [0.25, 0.3) is 0 Å². The van der Waals surface area contributed by atoms with Crippen molar-refractivity contribution in [2.45, 2.75) is 12.8 Å². The highest BCUT2D eigenvalue weighted by molar-refractivity contribution is 5.99. The van der Waals surface area contributed by atoms with Crippen LogP contribution in [0, 0.1) is 11.8 Å². The number of hydrogen-bond donors (Lipinski definition) is 1. The van der Waals surface area contributed by atoms with E-state index in [1.54, 1.807) is 12.1 Å². The quantitative estimate of drug-likeness (QED) is 0.463. The minimum Gasteiger partial charge on any atom is -0.490 e. The largest absolute Gasteiger partial charge is 0.490 e. The Morgan fingerprint density at radius 3 is 2.67 bits per heavy atom. The second-order valence-electron chi connectivity index (χ2n) is 6.70. The van der Waals surface area contributed by atoms with Gasteiger partial charge in [0.25, 0.3) is 5.91 Å². The monoisotopic (exact) mass is 362 g/mol. The van der Waals surface area contributed by atoms with Crippen molar-refractivity contribution in [1.82, 2.24) is 5.43 Å². The first kappa shape index (κ1) is 17.3. The molecule has 5 heteroatoms. The third-order valence-corrected chi connectivity index (χ3v) is 4.93. The number of carbonyl (C=O) groups is 1. The van der Waals surface area contributed by atoms with Gasteiger partial charge < -0.3 is 9.47 Å². The van der Waals surface area contributed by atoms with Crippen LogP contribution < -0.4 is 14.9 Å². The molecule has 1 N–H and O–H groups in total. The minimum absolute atomic E-state index is 0.257. The van der Waals surface area contributed by atoms with Gasteiger partial charge in [0.2, 0.25) is 0 Å². The lowest BCUT2D eigenvalue weighted by molar-refractivity contribution is 0.0948. The molecule has 0 saturated heterocycles. The molecule has 5 nitrogen and oxygen atoms in total. The summed E-state index contributed by atoms with van der Waals surface area (Å²) in [4.78, 5) is 12.5. The Labute approximate surface area is 158 Å². The summed E-state index contributed by atoms with van der Waals surface area (Å²) in [6, 6.07) is 16.7. The molecule has 1 fully saturated rings. The van der Waals surface area contributed by atoms with Crippen LogP contribution in [0.15, 0.2) is 71.9 Å². The standard InChI is InChI=1S/C22H22N2O3/c25-22(24-23-20-15-16-7-6-11-18(16)20)19-10-4-5-12-21(19)27-14-13-26-17-8-2-1-3-9-17/h1-6,8-12,16,18H,7,13-15H2,(H,24,25)/b23-20-/t16-,18-/m1/s1. The van der Waals surface area contributed by atoms with Crippen LogP contribution >= 0.6 is 0 Å². The third-order valence-electron chi connectivity index (χ3n) is 4.93. The van der Waals surface area contributed by atoms with Crippen LogP contribution in [0.1, 0.15) is 23.2 Å². The van der Waals surface area contributed by atoms with E-state index in [0.717, 1.165) is 24.3 Å². The number of benzene rings is 2. The van der Waals surface area contributed by atoms with E-state index in [1.165, 1.54) is 0 Å². The Kier molecular flexibility index (Phi) is 5.19. The molecule has 4 rings (SSSR count). The van der Waals surface area contributed by atoms with Gasteiger partial charge in [-0.3, -0.25) is 4.79 Å². The average molecular weight is 362 g/mol. The smallest absolute Gasteiger partial charge is 0.275 e. The molecule has 138 valence electrons. The van der Waals surface area contributed by atoms with Crippen molar-refractivity contribution >= 4 is 11.6 Å². The molecule has 2 aliphatic carbocycles. The Morgan fingerprint density at radius 1 is 1.04 bits per heavy atom. The van der Waals surface area contributed by atoms with Gasteiger partial charge in [0.1, 0.15) is 24.7 Å². The van der Waals surface area contributed by atoms with E-state index in [4.69, 9.17) is 9.47 Å². The molecule has 0 spiro atoms. The molecular formula is C22H22N2O3. The van der Waals surface area contributed by atoms with Crippen molar-refractivity contribution in [1.29, 1.82) is 0 Å². The highest BCUT2D eigenvalue weighted by Crippen LogP contribution is 2.40. The minimum atomic E-state index is -0.257. The second kappa shape index (κ2) is 8.08. The molecule has 0 aromatic heterocycles. The summed E-state index contributed by atoms with van der Waals surface area (Å²) in [5, 5.41) is 4.31. The Morgan fingerprint density at radius 2 is 1.81 bits per heavy atom. The zero-order valence-corrected chi connectivity index (χ0v) is 15.0. The van der Waals surface area contributed by atoms with Crippen LogP contribution in [0.4, 0.5) is 0 Å². The topological polar surface area (TPSA) is 59.9 Å². The lowest BCUT2D eigenvalue weighted by Gasteiger charge is -2.31. The summed E-state index contributed by atoms with van der Waals surface area (Å²) < 4.78 is 11.4. The number of ether oxygens (including phenoxy) is 2. The van der Waals surface area contributed by atoms with Gasteiger partial charge in [-0.25, -0.2) is 5.43 Å². The SMILES string of the molecule is O=C(N/N=C1/C[C@H]2CC=C[C@@H]12)c1ccccc1OCCOc1ccccc1. The lowest BCUT2D eigenvalue weighted by Crippen LogP contribution is -2.35. The van der Waals surface area contributed by atoms with E-state index in [1.807, 2.05) is 42.5 Å². The Bertz CT molecular complexity index is 861. The van der Waals surface area contributed by atoms with Gasteiger partial charge in [0.15, 0.2) is 0 Å². The summed E-state index contributed by atoms with van der Waals surface area (Å²) in [7, 11) is 0. The van der Waals surface area contributed by atoms with Crippen molar-refractivity contribution in [2.75, 3.05) is 13.2 Å². The van der Waals surface area contributed by atoms with Gasteiger partial charge in [-0.2, -0.15) is 5.10 Å². The fraction of sp³-hybridized carbons (Fsp3) is 0.273. The van der Waals surface area contributed by atoms with Gasteiger partial charge in [0.05, 0.1) is 5.56 Å². The number of rotatable bonds is 7. The number of fused-ring (bicyclic) bond motifs is 1. The number of para-hydroxylation sites is 2. The van der Waals surface area contributed by atoms with Crippen LogP contribution in [0.2, 0.25) is 0 Å². The number of carbonyl (C=O) groups excluding carboxylic acids is 1. The maximum atomic E-state index is 12.5. The number of hydrazone groups is 1. The number of allylic oxidation sites excluding steroid dienone is 2. The molecule has 1 amide bonds. The number of hydrogen-bond acceptors (Lipinski definition) is 4. The normalized spacial score (nSPS) is 21.4. The van der Waals surface area contributed by atoms with E-state index < -0.39 is 0 Å². The fourth-order valence-electron chi connectivity index (χ4n) is 3.45. The van der Waals surface area contributed by atoms with Crippen LogP contribution in [0.5, 0.6) is 11.5 Å². The predicted octanol–water partition coefficient (Wildman–Crippen LogP) is 3.83. The Balaban J connectivity index is 1.31. The van der Waals surface area contributed by atoms with Gasteiger partial charge in [-0.05, 0) is 43.0 Å². The maximum absolute atomic E-state index is 12.5. The van der Waals surface area contributed by atoms with Gasteiger partial charge in [0, 0.05) is 11.6 Å². The third kappa shape index (κ3) is 4.03. The first-order valence-corrected chi connectivity index (χ1v) is 9.24. The van der Waals surface area contributed by atoms with Gasteiger partial charge in [-0.15, -0.1) is 0 Å². The molecular weight excluding hydrogens is 340 g/mol. The van der Waals surface area contributed by atoms with E-state index in [-0.39, 0.29) is 5.91 Å². The zero-order chi connectivity index (χ0) is 18.5. The predicted molar refractivity (Wildman–Crippen MR) is 104 cm³/mol. The second-order valence-corrected chi connectivity index (χ2v) is 6.70. The number of nitrogens with one attached hydrogen (secondary N) is 1. The zero-order valence-electron chi connectivity index (χ0n) is 15.0. The molecule has 27 heavy (non-hydrogen) atoms. The van der Waals surface area contributed by atoms with Crippen LogP contribution in [-0.2, 0) is 0 Å². The van der Waals surface area contributed by atoms with E-state index in [2.05, 4.69) is 22.7 Å². The molecule has 2 aromatic rings. The number of nitrogens with zero attached hydrogens (tertiary/aromatic N) is 1. The molecule has 2 atom stereocenters. The molecule has 1 saturated carbocycles. The molecule has 2 aliphatic rings. The van der Waals surface area contributed by atoms with E-state index >= 15 is 0 Å². The van der Waals surface area contributed by atoms with Crippen LogP contribution in [-0.4, -0.2) is 24.8 Å². The summed E-state index contributed by atoms with van der Waals surface area (Å²) in [5.74, 6) is 2.15. The van der Waals surface area contributed by atoms with Crippen LogP contribution in [0.3, 0.4) is 0 Å². The van der Waals surface area contributed by atoms with Crippen molar-refractivity contribution in [2.24, 2.45) is 16.9 Å². The maximum Gasteiger partial charge on any atom is 0.275 e. The fourth-order valence-corrected chi connectivity index (χ4v) is 3.45. The molecule has 2 aromatic carbocycles. The first-order chi connectivity index (χ1) is 13.3. The summed E-state index contributed by atoms with van der Waals surface area (Å²) >= 11 is 0. The van der Waals surface area contributed by atoms with Crippen molar-refractivity contribution in [3.8, 4) is 11.5 Å². The van der Waals surface area contributed by atoms with Crippen molar-refractivity contribution in [3.63, 3.8) is 0 Å². The van der Waals surface area contributed by atoms with Gasteiger partial charge in [-0.1, -0.05) is 42.5 Å². The summed E-state index contributed by atoms with van der Waals surface area (Å²) in [6.07, 6.45) is 6.47. The number of amides is 1. The average Bonchev–Trinajstić information content (AvgIpc) is 3.07. The first-order valence-electron chi connectivity index (χ1n) is 9.24. The van der Waals surface area contributed by atoms with E-state index in [9.17, 15) is 4.79 Å². The summed E-state index contributed by atoms with van der Waals surface area (Å²) in [5.41, 5.74) is 4.20. The summed E-state index contributed by atoms with van der Waals surface area (Å²) in [6.45, 7) is 0.750. The van der Waals surface area contributed by atoms with Crippen molar-refractivity contribution < 1.29 is 14.3 Å². The molecule has 0 radical (unpaired) electrons. The molecule has 0 aliphatic heterocycles. The molecule has 0 unspecified atom stereocenters. The lowest BCUT2D eigenvalue weighted by atomic mass is 9.74. The molecule has 0 heterocycles. The highest BCUT2D eigenvalue weighted by Gasteiger charge is 2.37. The van der Waals surface area contributed by atoms with E-state index in [0.29, 0.717) is 36.4 Å².